The van der Waals surface area contributed by atoms with Gasteiger partial charge < -0.3 is 19.7 Å². The maximum absolute atomic E-state index is 13.4. The monoisotopic (exact) mass is 538 g/mol. The summed E-state index contributed by atoms with van der Waals surface area (Å²) in [6.07, 6.45) is 3.15. The van der Waals surface area contributed by atoms with Crippen LogP contribution in [0.4, 0.5) is 13.2 Å². The first kappa shape index (κ1) is 27.4. The SMILES string of the molecule is COc1ccc2ncc(Cl)c(C(O)CCC3(CO)CCN(CCOc4cc(F)c(F)c(F)c4)CC3)c2c1. The molecule has 1 aromatic heterocycles. The van der Waals surface area contributed by atoms with Crippen LogP contribution in [-0.2, 0) is 0 Å². The number of halogens is 4. The molecule has 1 fully saturated rings. The number of methoxy groups -OCH3 is 1. The van der Waals surface area contributed by atoms with E-state index in [1.807, 2.05) is 12.1 Å². The molecule has 1 aliphatic rings. The smallest absolute Gasteiger partial charge is 0.194 e. The Labute approximate surface area is 218 Å². The van der Waals surface area contributed by atoms with E-state index in [1.54, 1.807) is 13.2 Å². The van der Waals surface area contributed by atoms with E-state index in [9.17, 15) is 23.4 Å². The molecule has 1 aliphatic heterocycles. The lowest BCUT2D eigenvalue weighted by atomic mass is 9.74. The molecule has 0 radical (unpaired) electrons. The molecule has 0 saturated carbocycles. The van der Waals surface area contributed by atoms with Crippen LogP contribution in [0.3, 0.4) is 0 Å². The zero-order valence-electron chi connectivity index (χ0n) is 20.5. The molecule has 200 valence electrons. The third-order valence-corrected chi connectivity index (χ3v) is 7.54. The van der Waals surface area contributed by atoms with Gasteiger partial charge in [0.05, 0.1) is 23.8 Å². The molecule has 0 bridgehead atoms. The van der Waals surface area contributed by atoms with Crippen LogP contribution in [0, 0.1) is 22.9 Å². The summed E-state index contributed by atoms with van der Waals surface area (Å²) in [7, 11) is 1.57. The maximum Gasteiger partial charge on any atom is 0.194 e. The summed E-state index contributed by atoms with van der Waals surface area (Å²) in [6.45, 7) is 2.10. The fourth-order valence-corrected chi connectivity index (χ4v) is 5.14. The number of aliphatic hydroxyl groups excluding tert-OH is 2. The third kappa shape index (κ3) is 6.29. The number of ether oxygens (including phenoxy) is 2. The van der Waals surface area contributed by atoms with Crippen LogP contribution in [0.15, 0.2) is 36.5 Å². The predicted octanol–water partition coefficient (Wildman–Crippen LogP) is 5.28. The van der Waals surface area contributed by atoms with Gasteiger partial charge in [0.15, 0.2) is 17.5 Å². The zero-order chi connectivity index (χ0) is 26.6. The van der Waals surface area contributed by atoms with Crippen LogP contribution in [0.25, 0.3) is 10.9 Å². The van der Waals surface area contributed by atoms with Gasteiger partial charge in [0, 0.05) is 42.4 Å². The highest BCUT2D eigenvalue weighted by Gasteiger charge is 2.34. The Bertz CT molecular complexity index is 1210. The topological polar surface area (TPSA) is 75.0 Å². The lowest BCUT2D eigenvalue weighted by Crippen LogP contribution is -2.43. The van der Waals surface area contributed by atoms with Crippen molar-refractivity contribution in [2.45, 2.75) is 31.8 Å². The van der Waals surface area contributed by atoms with Crippen molar-refractivity contribution in [1.29, 1.82) is 0 Å². The maximum atomic E-state index is 13.4. The van der Waals surface area contributed by atoms with E-state index in [2.05, 4.69) is 9.88 Å². The van der Waals surface area contributed by atoms with Gasteiger partial charge in [0.2, 0.25) is 0 Å². The number of aromatic nitrogens is 1. The second-order valence-corrected chi connectivity index (χ2v) is 9.91. The Morgan fingerprint density at radius 2 is 1.81 bits per heavy atom. The number of hydrogen-bond acceptors (Lipinski definition) is 6. The number of benzene rings is 2. The molecular weight excluding hydrogens is 509 g/mol. The normalized spacial score (nSPS) is 16.6. The van der Waals surface area contributed by atoms with Crippen LogP contribution in [0.5, 0.6) is 11.5 Å². The molecule has 0 spiro atoms. The second-order valence-electron chi connectivity index (χ2n) is 9.51. The Balaban J connectivity index is 1.32. The van der Waals surface area contributed by atoms with Crippen LogP contribution < -0.4 is 9.47 Å². The molecule has 1 saturated heterocycles. The summed E-state index contributed by atoms with van der Waals surface area (Å²) in [5.41, 5.74) is 0.967. The average Bonchev–Trinajstić information content (AvgIpc) is 2.90. The second kappa shape index (κ2) is 11.9. The minimum absolute atomic E-state index is 0.00313. The molecule has 37 heavy (non-hydrogen) atoms. The standard InChI is InChI=1S/C27H30ClF3N2O4/c1-36-17-2-3-23-19(12-17)25(20(28)15-32-23)24(35)4-5-27(16-34)6-8-33(9-7-27)10-11-37-18-13-21(29)26(31)22(30)14-18/h2-3,12-15,24,34-35H,4-11,16H2,1H3. The third-order valence-electron chi connectivity index (χ3n) is 7.24. The van der Waals surface area contributed by atoms with Crippen molar-refractivity contribution in [1.82, 2.24) is 9.88 Å². The zero-order valence-corrected chi connectivity index (χ0v) is 21.3. The van der Waals surface area contributed by atoms with E-state index in [4.69, 9.17) is 21.1 Å². The van der Waals surface area contributed by atoms with Gasteiger partial charge in [0.25, 0.3) is 0 Å². The number of piperidine rings is 1. The summed E-state index contributed by atoms with van der Waals surface area (Å²) in [5.74, 6) is -3.52. The number of fused-ring (bicyclic) bond motifs is 1. The highest BCUT2D eigenvalue weighted by Crippen LogP contribution is 2.40. The minimum Gasteiger partial charge on any atom is -0.497 e. The van der Waals surface area contributed by atoms with Gasteiger partial charge in [-0.25, -0.2) is 13.2 Å². The predicted molar refractivity (Wildman–Crippen MR) is 135 cm³/mol. The molecule has 2 heterocycles. The Kier molecular flexibility index (Phi) is 8.79. The van der Waals surface area contributed by atoms with Gasteiger partial charge >= 0.3 is 0 Å². The van der Waals surface area contributed by atoms with Gasteiger partial charge in [-0.3, -0.25) is 9.88 Å². The molecule has 0 amide bonds. The van der Waals surface area contributed by atoms with Crippen molar-refractivity contribution in [3.05, 3.63) is 64.6 Å². The van der Waals surface area contributed by atoms with Crippen molar-refractivity contribution in [2.24, 2.45) is 5.41 Å². The van der Waals surface area contributed by atoms with E-state index in [1.165, 1.54) is 6.20 Å². The van der Waals surface area contributed by atoms with E-state index in [0.29, 0.717) is 67.2 Å². The molecule has 4 rings (SSSR count). The van der Waals surface area contributed by atoms with Gasteiger partial charge in [-0.1, -0.05) is 11.6 Å². The molecular formula is C27H30ClF3N2O4. The number of likely N-dealkylation sites (tertiary alicyclic amines) is 1. The molecule has 1 atom stereocenters. The largest absolute Gasteiger partial charge is 0.497 e. The highest BCUT2D eigenvalue weighted by atomic mass is 35.5. The molecule has 2 N–H and O–H groups in total. The van der Waals surface area contributed by atoms with E-state index in [0.717, 1.165) is 17.5 Å². The van der Waals surface area contributed by atoms with Crippen LogP contribution in [0.2, 0.25) is 5.02 Å². The van der Waals surface area contributed by atoms with Crippen LogP contribution >= 0.6 is 11.6 Å². The Hall–Kier alpha value is -2.59. The number of nitrogens with zero attached hydrogens (tertiary/aromatic N) is 2. The van der Waals surface area contributed by atoms with Crippen molar-refractivity contribution in [2.75, 3.05) is 40.0 Å². The van der Waals surface area contributed by atoms with Gasteiger partial charge in [-0.2, -0.15) is 0 Å². The van der Waals surface area contributed by atoms with Crippen LogP contribution in [-0.4, -0.2) is 60.1 Å². The molecule has 3 aromatic rings. The lowest BCUT2D eigenvalue weighted by molar-refractivity contribution is 0.0205. The molecule has 0 aliphatic carbocycles. The molecule has 10 heteroatoms. The fraction of sp³-hybridized carbons (Fsp3) is 0.444. The van der Waals surface area contributed by atoms with Gasteiger partial charge in [-0.05, 0) is 62.4 Å². The Morgan fingerprint density at radius 1 is 1.11 bits per heavy atom. The summed E-state index contributed by atoms with van der Waals surface area (Å²) in [5, 5.41) is 22.4. The summed E-state index contributed by atoms with van der Waals surface area (Å²) >= 11 is 6.43. The van der Waals surface area contributed by atoms with Gasteiger partial charge in [0.1, 0.15) is 18.1 Å². The average molecular weight is 539 g/mol. The van der Waals surface area contributed by atoms with Crippen molar-refractivity contribution >= 4 is 22.5 Å². The summed E-state index contributed by atoms with van der Waals surface area (Å²) in [6, 6.07) is 7.08. The number of hydrogen-bond donors (Lipinski definition) is 2. The van der Waals surface area contributed by atoms with Crippen molar-refractivity contribution in [3.63, 3.8) is 0 Å². The molecule has 1 unspecified atom stereocenters. The lowest BCUT2D eigenvalue weighted by Gasteiger charge is -2.41. The van der Waals surface area contributed by atoms with Crippen molar-refractivity contribution < 1.29 is 32.9 Å². The number of aliphatic hydroxyl groups is 2. The summed E-state index contributed by atoms with van der Waals surface area (Å²) in [4.78, 5) is 6.47. The first-order valence-corrected chi connectivity index (χ1v) is 12.5. The highest BCUT2D eigenvalue weighted by molar-refractivity contribution is 6.32. The molecule has 6 nitrogen and oxygen atoms in total. The number of rotatable bonds is 10. The van der Waals surface area contributed by atoms with Crippen LogP contribution in [0.1, 0.15) is 37.4 Å². The summed E-state index contributed by atoms with van der Waals surface area (Å²) < 4.78 is 50.5. The van der Waals surface area contributed by atoms with Crippen molar-refractivity contribution in [3.8, 4) is 11.5 Å². The minimum atomic E-state index is -1.52. The quantitative estimate of drug-likeness (QED) is 0.342. The molecule has 2 aromatic carbocycles. The van der Waals surface area contributed by atoms with E-state index < -0.39 is 23.6 Å². The first-order valence-electron chi connectivity index (χ1n) is 12.2. The Morgan fingerprint density at radius 3 is 2.46 bits per heavy atom. The first-order chi connectivity index (χ1) is 17.7. The van der Waals surface area contributed by atoms with E-state index in [-0.39, 0.29) is 24.4 Å². The fourth-order valence-electron chi connectivity index (χ4n) is 4.87. The van der Waals surface area contributed by atoms with Gasteiger partial charge in [-0.15, -0.1) is 0 Å². The number of pyridine rings is 1. The van der Waals surface area contributed by atoms with E-state index >= 15 is 0 Å².